The van der Waals surface area contributed by atoms with Gasteiger partial charge >= 0.3 is 0 Å². The Bertz CT molecular complexity index is 258. The molecule has 1 saturated heterocycles. The summed E-state index contributed by atoms with van der Waals surface area (Å²) >= 11 is 3.37. The van der Waals surface area contributed by atoms with E-state index in [2.05, 4.69) is 15.9 Å². The fourth-order valence-corrected chi connectivity index (χ4v) is 2.17. The van der Waals surface area contributed by atoms with Crippen LogP contribution in [0, 0.1) is 0 Å². The molecule has 2 amide bonds. The van der Waals surface area contributed by atoms with Crippen LogP contribution in [0.2, 0.25) is 0 Å². The number of hydrogen-bond donors (Lipinski definition) is 0. The molecule has 0 saturated carbocycles. The Hall–Kier alpha value is -0.580. The minimum atomic E-state index is 0.0718. The van der Waals surface area contributed by atoms with Gasteiger partial charge in [-0.15, -0.1) is 0 Å². The number of halogens is 1. The topological polar surface area (TPSA) is 40.6 Å². The SMILES string of the molecule is CCN1CC(=O)N(CCCCCBr)CC1=O. The molecule has 0 aliphatic carbocycles. The van der Waals surface area contributed by atoms with Gasteiger partial charge in [-0.05, 0) is 19.8 Å². The number of unbranched alkanes of at least 4 members (excludes halogenated alkanes) is 2. The van der Waals surface area contributed by atoms with Crippen molar-refractivity contribution in [3.63, 3.8) is 0 Å². The first-order valence-electron chi connectivity index (χ1n) is 5.80. The van der Waals surface area contributed by atoms with Crippen LogP contribution in [0.5, 0.6) is 0 Å². The molecular formula is C11H19BrN2O2. The quantitative estimate of drug-likeness (QED) is 0.546. The van der Waals surface area contributed by atoms with Gasteiger partial charge < -0.3 is 9.80 Å². The number of piperazine rings is 1. The summed E-state index contributed by atoms with van der Waals surface area (Å²) in [4.78, 5) is 26.6. The highest BCUT2D eigenvalue weighted by Crippen LogP contribution is 2.07. The van der Waals surface area contributed by atoms with Crippen LogP contribution in [-0.4, -0.2) is 53.1 Å². The Kier molecular flexibility index (Phi) is 5.80. The molecule has 0 aromatic rings. The molecule has 0 aromatic carbocycles. The van der Waals surface area contributed by atoms with Crippen LogP contribution in [0.25, 0.3) is 0 Å². The molecule has 0 radical (unpaired) electrons. The molecule has 5 heteroatoms. The van der Waals surface area contributed by atoms with E-state index in [0.29, 0.717) is 6.54 Å². The molecule has 4 nitrogen and oxygen atoms in total. The zero-order chi connectivity index (χ0) is 12.0. The summed E-state index contributed by atoms with van der Waals surface area (Å²) < 4.78 is 0. The van der Waals surface area contributed by atoms with Gasteiger partial charge in [0.1, 0.15) is 0 Å². The fourth-order valence-electron chi connectivity index (χ4n) is 1.77. The van der Waals surface area contributed by atoms with Crippen molar-refractivity contribution < 1.29 is 9.59 Å². The standard InChI is InChI=1S/C11H19BrN2O2/c1-2-13-8-11(16)14(9-10(13)15)7-5-3-4-6-12/h2-9H2,1H3. The largest absolute Gasteiger partial charge is 0.332 e. The van der Waals surface area contributed by atoms with E-state index >= 15 is 0 Å². The number of alkyl halides is 1. The van der Waals surface area contributed by atoms with Crippen molar-refractivity contribution in [2.24, 2.45) is 0 Å². The molecule has 0 unspecified atom stereocenters. The minimum absolute atomic E-state index is 0.0718. The predicted octanol–water partition coefficient (Wildman–Crippen LogP) is 1.24. The third kappa shape index (κ3) is 3.77. The highest BCUT2D eigenvalue weighted by Gasteiger charge is 2.27. The zero-order valence-corrected chi connectivity index (χ0v) is 11.3. The van der Waals surface area contributed by atoms with Crippen molar-refractivity contribution >= 4 is 27.7 Å². The minimum Gasteiger partial charge on any atom is -0.332 e. The van der Waals surface area contributed by atoms with Gasteiger partial charge in [0.05, 0.1) is 13.1 Å². The number of nitrogens with zero attached hydrogens (tertiary/aromatic N) is 2. The van der Waals surface area contributed by atoms with Gasteiger partial charge in [0.25, 0.3) is 0 Å². The molecule has 0 spiro atoms. The van der Waals surface area contributed by atoms with Crippen LogP contribution in [0.3, 0.4) is 0 Å². The van der Waals surface area contributed by atoms with E-state index in [1.807, 2.05) is 6.92 Å². The molecule has 16 heavy (non-hydrogen) atoms. The summed E-state index contributed by atoms with van der Waals surface area (Å²) in [6, 6.07) is 0. The van der Waals surface area contributed by atoms with Crippen molar-refractivity contribution in [3.05, 3.63) is 0 Å². The van der Waals surface area contributed by atoms with Gasteiger partial charge in [0.15, 0.2) is 0 Å². The van der Waals surface area contributed by atoms with E-state index in [0.717, 1.165) is 31.1 Å². The number of likely N-dealkylation sites (N-methyl/N-ethyl adjacent to an activating group) is 1. The summed E-state index contributed by atoms with van der Waals surface area (Å²) in [5.41, 5.74) is 0. The van der Waals surface area contributed by atoms with E-state index < -0.39 is 0 Å². The Morgan fingerprint density at radius 1 is 1.06 bits per heavy atom. The molecule has 0 aromatic heterocycles. The van der Waals surface area contributed by atoms with Crippen LogP contribution in [0.1, 0.15) is 26.2 Å². The molecule has 1 rings (SSSR count). The maximum absolute atomic E-state index is 11.7. The highest BCUT2D eigenvalue weighted by atomic mass is 79.9. The number of carbonyl (C=O) groups is 2. The number of hydrogen-bond acceptors (Lipinski definition) is 2. The molecule has 92 valence electrons. The molecule has 1 aliphatic heterocycles. The second-order valence-corrected chi connectivity index (χ2v) is 4.77. The first-order chi connectivity index (χ1) is 7.69. The van der Waals surface area contributed by atoms with E-state index in [4.69, 9.17) is 0 Å². The third-order valence-electron chi connectivity index (χ3n) is 2.80. The Balaban J connectivity index is 2.32. The lowest BCUT2D eigenvalue weighted by atomic mass is 10.2. The van der Waals surface area contributed by atoms with Gasteiger partial charge in [-0.2, -0.15) is 0 Å². The summed E-state index contributed by atoms with van der Waals surface area (Å²) in [5, 5.41) is 1.00. The van der Waals surface area contributed by atoms with Crippen LogP contribution < -0.4 is 0 Å². The predicted molar refractivity (Wildman–Crippen MR) is 66.5 cm³/mol. The van der Waals surface area contributed by atoms with Crippen LogP contribution in [0.15, 0.2) is 0 Å². The average Bonchev–Trinajstić information content (AvgIpc) is 2.28. The molecule has 1 aliphatic rings. The van der Waals surface area contributed by atoms with Crippen molar-refractivity contribution in [1.82, 2.24) is 9.80 Å². The van der Waals surface area contributed by atoms with Gasteiger partial charge in [-0.25, -0.2) is 0 Å². The van der Waals surface area contributed by atoms with E-state index in [1.165, 1.54) is 0 Å². The second kappa shape index (κ2) is 6.89. The molecule has 0 atom stereocenters. The smallest absolute Gasteiger partial charge is 0.242 e. The Morgan fingerprint density at radius 2 is 1.69 bits per heavy atom. The summed E-state index contributed by atoms with van der Waals surface area (Å²) in [6.07, 6.45) is 3.20. The fraction of sp³-hybridized carbons (Fsp3) is 0.818. The van der Waals surface area contributed by atoms with Crippen molar-refractivity contribution in [1.29, 1.82) is 0 Å². The highest BCUT2D eigenvalue weighted by molar-refractivity contribution is 9.09. The molecular weight excluding hydrogens is 272 g/mol. The molecule has 0 N–H and O–H groups in total. The first-order valence-corrected chi connectivity index (χ1v) is 6.92. The number of amides is 2. The monoisotopic (exact) mass is 290 g/mol. The maximum atomic E-state index is 11.7. The lowest BCUT2D eigenvalue weighted by Crippen LogP contribution is -2.53. The van der Waals surface area contributed by atoms with Crippen LogP contribution in [0.4, 0.5) is 0 Å². The summed E-state index contributed by atoms with van der Waals surface area (Å²) in [5.74, 6) is 0.155. The third-order valence-corrected chi connectivity index (χ3v) is 3.36. The summed E-state index contributed by atoms with van der Waals surface area (Å²) in [7, 11) is 0. The molecule has 1 fully saturated rings. The van der Waals surface area contributed by atoms with E-state index in [-0.39, 0.29) is 24.9 Å². The van der Waals surface area contributed by atoms with Gasteiger partial charge in [0, 0.05) is 18.4 Å². The van der Waals surface area contributed by atoms with Crippen LogP contribution >= 0.6 is 15.9 Å². The lowest BCUT2D eigenvalue weighted by molar-refractivity contribution is -0.149. The maximum Gasteiger partial charge on any atom is 0.242 e. The molecule has 1 heterocycles. The summed E-state index contributed by atoms with van der Waals surface area (Å²) in [6.45, 7) is 3.77. The average molecular weight is 291 g/mol. The zero-order valence-electron chi connectivity index (χ0n) is 9.75. The van der Waals surface area contributed by atoms with Crippen LogP contribution in [-0.2, 0) is 9.59 Å². The Morgan fingerprint density at radius 3 is 2.31 bits per heavy atom. The first kappa shape index (κ1) is 13.5. The van der Waals surface area contributed by atoms with Gasteiger partial charge in [-0.3, -0.25) is 9.59 Å². The lowest BCUT2D eigenvalue weighted by Gasteiger charge is -2.33. The van der Waals surface area contributed by atoms with Gasteiger partial charge in [-0.1, -0.05) is 22.4 Å². The van der Waals surface area contributed by atoms with E-state index in [1.54, 1.807) is 9.80 Å². The Labute approximate surface area is 105 Å². The number of rotatable bonds is 6. The number of carbonyl (C=O) groups excluding carboxylic acids is 2. The van der Waals surface area contributed by atoms with Gasteiger partial charge in [0.2, 0.25) is 11.8 Å². The molecule has 0 bridgehead atoms. The normalized spacial score (nSPS) is 17.1. The van der Waals surface area contributed by atoms with E-state index in [9.17, 15) is 9.59 Å². The van der Waals surface area contributed by atoms with Crippen molar-refractivity contribution in [3.8, 4) is 0 Å². The van der Waals surface area contributed by atoms with Crippen molar-refractivity contribution in [2.45, 2.75) is 26.2 Å². The second-order valence-electron chi connectivity index (χ2n) is 3.97. The van der Waals surface area contributed by atoms with Crippen molar-refractivity contribution in [2.75, 3.05) is 31.5 Å².